The number of benzene rings is 2. The number of aliphatic imine (C=N–C) groups is 1. The average molecular weight is 414 g/mol. The van der Waals surface area contributed by atoms with Crippen LogP contribution in [0, 0.1) is 5.82 Å². The van der Waals surface area contributed by atoms with Gasteiger partial charge < -0.3 is 16.4 Å². The van der Waals surface area contributed by atoms with Gasteiger partial charge in [0, 0.05) is 24.5 Å². The maximum Gasteiger partial charge on any atom is 0.193 e. The van der Waals surface area contributed by atoms with Crippen molar-refractivity contribution < 1.29 is 4.39 Å². The van der Waals surface area contributed by atoms with Crippen molar-refractivity contribution >= 4 is 41.3 Å². The van der Waals surface area contributed by atoms with Crippen molar-refractivity contribution in [3.63, 3.8) is 0 Å². The van der Waals surface area contributed by atoms with E-state index in [0.717, 1.165) is 17.8 Å². The molecule has 0 aliphatic rings. The molecule has 0 saturated heterocycles. The molecule has 0 unspecified atom stereocenters. The summed E-state index contributed by atoms with van der Waals surface area (Å²) in [6, 6.07) is 16.0. The van der Waals surface area contributed by atoms with Crippen LogP contribution in [0.15, 0.2) is 59.6 Å². The van der Waals surface area contributed by atoms with Crippen LogP contribution in [0.2, 0.25) is 0 Å². The second-order valence-electron chi connectivity index (χ2n) is 4.55. The molecule has 0 heterocycles. The number of nitrogens with one attached hydrogen (secondary N) is 2. The van der Waals surface area contributed by atoms with Gasteiger partial charge in [-0.25, -0.2) is 4.39 Å². The Morgan fingerprint density at radius 1 is 1.05 bits per heavy atom. The molecule has 0 saturated carbocycles. The summed E-state index contributed by atoms with van der Waals surface area (Å²) < 4.78 is 13.0. The molecule has 22 heavy (non-hydrogen) atoms. The number of hydrogen-bond donors (Lipinski definition) is 3. The molecule has 6 heteroatoms. The number of guanidine groups is 1. The minimum Gasteiger partial charge on any atom is -0.385 e. The van der Waals surface area contributed by atoms with Crippen LogP contribution in [-0.2, 0) is 0 Å². The number of rotatable bonds is 6. The van der Waals surface area contributed by atoms with Crippen LogP contribution in [0.5, 0.6) is 0 Å². The quantitative estimate of drug-likeness (QED) is 0.293. The second kappa shape index (κ2) is 9.99. The van der Waals surface area contributed by atoms with Gasteiger partial charge in [-0.15, -0.1) is 24.0 Å². The topological polar surface area (TPSA) is 62.4 Å². The second-order valence-corrected chi connectivity index (χ2v) is 4.55. The Hall–Kier alpha value is -1.83. The summed E-state index contributed by atoms with van der Waals surface area (Å²) in [5.74, 6) is 0.154. The predicted octanol–water partition coefficient (Wildman–Crippen LogP) is 3.67. The largest absolute Gasteiger partial charge is 0.385 e. The molecule has 118 valence electrons. The minimum absolute atomic E-state index is 0. The highest BCUT2D eigenvalue weighted by Crippen LogP contribution is 2.08. The molecule has 0 bridgehead atoms. The summed E-state index contributed by atoms with van der Waals surface area (Å²) >= 11 is 0. The van der Waals surface area contributed by atoms with Gasteiger partial charge in [0.05, 0.1) is 0 Å². The van der Waals surface area contributed by atoms with Crippen LogP contribution in [0.25, 0.3) is 0 Å². The number of nitrogens with two attached hydrogens (primary N) is 1. The number of anilines is 2. The first-order valence-electron chi connectivity index (χ1n) is 6.85. The molecule has 0 amide bonds. The highest BCUT2D eigenvalue weighted by molar-refractivity contribution is 14.0. The van der Waals surface area contributed by atoms with Crippen LogP contribution in [0.4, 0.5) is 15.8 Å². The number of para-hydroxylation sites is 1. The van der Waals surface area contributed by atoms with Gasteiger partial charge in [-0.05, 0) is 36.8 Å². The third kappa shape index (κ3) is 6.75. The molecule has 4 N–H and O–H groups in total. The van der Waals surface area contributed by atoms with E-state index in [-0.39, 0.29) is 29.8 Å². The Morgan fingerprint density at radius 3 is 2.50 bits per heavy atom. The smallest absolute Gasteiger partial charge is 0.193 e. The Labute approximate surface area is 147 Å². The Bertz CT molecular complexity index is 590. The maximum absolute atomic E-state index is 13.0. The van der Waals surface area contributed by atoms with Crippen molar-refractivity contribution in [2.75, 3.05) is 23.7 Å². The molecule has 0 radical (unpaired) electrons. The van der Waals surface area contributed by atoms with E-state index in [0.29, 0.717) is 19.0 Å². The van der Waals surface area contributed by atoms with E-state index in [1.807, 2.05) is 36.4 Å². The average Bonchev–Trinajstić information content (AvgIpc) is 2.48. The first-order chi connectivity index (χ1) is 10.2. The lowest BCUT2D eigenvalue weighted by Gasteiger charge is -2.06. The number of hydrogen-bond acceptors (Lipinski definition) is 2. The SMILES string of the molecule is I.NC(=NCCCNc1cccc(F)c1)Nc1ccccc1. The van der Waals surface area contributed by atoms with E-state index in [1.54, 1.807) is 6.07 Å². The summed E-state index contributed by atoms with van der Waals surface area (Å²) in [4.78, 5) is 4.24. The lowest BCUT2D eigenvalue weighted by Crippen LogP contribution is -2.23. The zero-order valence-corrected chi connectivity index (χ0v) is 14.5. The molecule has 0 fully saturated rings. The van der Waals surface area contributed by atoms with Crippen molar-refractivity contribution in [2.24, 2.45) is 10.7 Å². The highest BCUT2D eigenvalue weighted by Gasteiger charge is 1.95. The lowest BCUT2D eigenvalue weighted by molar-refractivity contribution is 0.628. The molecule has 2 rings (SSSR count). The van der Waals surface area contributed by atoms with Crippen LogP contribution < -0.4 is 16.4 Å². The third-order valence-electron chi connectivity index (χ3n) is 2.82. The van der Waals surface area contributed by atoms with E-state index in [9.17, 15) is 4.39 Å². The van der Waals surface area contributed by atoms with Gasteiger partial charge in [-0.3, -0.25) is 4.99 Å². The summed E-state index contributed by atoms with van der Waals surface area (Å²) in [5.41, 5.74) is 7.47. The molecule has 0 atom stereocenters. The van der Waals surface area contributed by atoms with E-state index in [2.05, 4.69) is 15.6 Å². The third-order valence-corrected chi connectivity index (χ3v) is 2.82. The summed E-state index contributed by atoms with van der Waals surface area (Å²) in [6.45, 7) is 1.32. The molecule has 0 spiro atoms. The molecule has 0 aliphatic carbocycles. The normalized spacial score (nSPS) is 10.7. The van der Waals surface area contributed by atoms with Gasteiger partial charge in [-0.1, -0.05) is 24.3 Å². The van der Waals surface area contributed by atoms with Crippen molar-refractivity contribution in [1.29, 1.82) is 0 Å². The van der Waals surface area contributed by atoms with Crippen molar-refractivity contribution in [1.82, 2.24) is 0 Å². The Morgan fingerprint density at radius 2 is 1.77 bits per heavy atom. The molecule has 2 aromatic rings. The zero-order valence-electron chi connectivity index (χ0n) is 12.1. The Kier molecular flexibility index (Phi) is 8.27. The minimum atomic E-state index is -0.241. The van der Waals surface area contributed by atoms with Gasteiger partial charge in [-0.2, -0.15) is 0 Å². The van der Waals surface area contributed by atoms with Crippen LogP contribution in [-0.4, -0.2) is 19.0 Å². The van der Waals surface area contributed by atoms with Gasteiger partial charge in [0.1, 0.15) is 5.82 Å². The first kappa shape index (κ1) is 18.2. The molecule has 0 aromatic heterocycles. The molecular formula is C16H20FIN4. The fraction of sp³-hybridized carbons (Fsp3) is 0.188. The first-order valence-corrected chi connectivity index (χ1v) is 6.85. The van der Waals surface area contributed by atoms with Crippen LogP contribution >= 0.6 is 24.0 Å². The van der Waals surface area contributed by atoms with E-state index in [4.69, 9.17) is 5.73 Å². The van der Waals surface area contributed by atoms with Gasteiger partial charge in [0.2, 0.25) is 0 Å². The lowest BCUT2D eigenvalue weighted by atomic mass is 10.3. The van der Waals surface area contributed by atoms with Crippen molar-refractivity contribution in [3.8, 4) is 0 Å². The molecular weight excluding hydrogens is 394 g/mol. The molecule has 2 aromatic carbocycles. The van der Waals surface area contributed by atoms with Crippen LogP contribution in [0.3, 0.4) is 0 Å². The highest BCUT2D eigenvalue weighted by atomic mass is 127. The number of halogens is 2. The van der Waals surface area contributed by atoms with Crippen LogP contribution in [0.1, 0.15) is 6.42 Å². The summed E-state index contributed by atoms with van der Waals surface area (Å²) in [6.07, 6.45) is 0.813. The predicted molar refractivity (Wildman–Crippen MR) is 101 cm³/mol. The maximum atomic E-state index is 13.0. The van der Waals surface area contributed by atoms with Gasteiger partial charge >= 0.3 is 0 Å². The van der Waals surface area contributed by atoms with Crippen molar-refractivity contribution in [3.05, 3.63) is 60.4 Å². The van der Waals surface area contributed by atoms with Gasteiger partial charge in [0.25, 0.3) is 0 Å². The monoisotopic (exact) mass is 414 g/mol. The summed E-state index contributed by atoms with van der Waals surface area (Å²) in [7, 11) is 0. The van der Waals surface area contributed by atoms with E-state index in [1.165, 1.54) is 12.1 Å². The molecule has 0 aliphatic heterocycles. The fourth-order valence-corrected chi connectivity index (χ4v) is 1.82. The van der Waals surface area contributed by atoms with E-state index >= 15 is 0 Å². The van der Waals surface area contributed by atoms with Crippen molar-refractivity contribution in [2.45, 2.75) is 6.42 Å². The fourth-order valence-electron chi connectivity index (χ4n) is 1.82. The van der Waals surface area contributed by atoms with E-state index < -0.39 is 0 Å². The zero-order chi connectivity index (χ0) is 14.9. The number of nitrogens with zero attached hydrogens (tertiary/aromatic N) is 1. The molecule has 4 nitrogen and oxygen atoms in total. The Balaban J connectivity index is 0.00000242. The van der Waals surface area contributed by atoms with Gasteiger partial charge in [0.15, 0.2) is 5.96 Å². The standard InChI is InChI=1S/C16H19FN4.HI/c17-13-6-4-9-15(12-13)19-10-5-11-20-16(18)21-14-7-2-1-3-8-14;/h1-4,6-9,12,19H,5,10-11H2,(H3,18,20,21);1H. The summed E-state index contributed by atoms with van der Waals surface area (Å²) in [5, 5.41) is 6.15.